The summed E-state index contributed by atoms with van der Waals surface area (Å²) in [4.78, 5) is 30.3. The number of sulfonamides is 1. The molecule has 0 aromatic heterocycles. The molecule has 0 heterocycles. The summed E-state index contributed by atoms with van der Waals surface area (Å²) in [5.74, 6) is -0.751. The molecule has 46 heavy (non-hydrogen) atoms. The Kier molecular flexibility index (Phi) is 11.4. The van der Waals surface area contributed by atoms with Gasteiger partial charge < -0.3 is 10.2 Å². The van der Waals surface area contributed by atoms with Crippen LogP contribution in [-0.4, -0.2) is 43.8 Å². The van der Waals surface area contributed by atoms with Crippen molar-refractivity contribution < 1.29 is 18.0 Å². The molecule has 0 fully saturated rings. The number of aryl methyl sites for hydroxylation is 4. The lowest BCUT2D eigenvalue weighted by molar-refractivity contribution is -0.140. The summed E-state index contributed by atoms with van der Waals surface area (Å²) in [5.41, 5.74) is 5.79. The van der Waals surface area contributed by atoms with Crippen LogP contribution in [0.2, 0.25) is 0 Å². The van der Waals surface area contributed by atoms with Gasteiger partial charge in [-0.1, -0.05) is 96.9 Å². The first kappa shape index (κ1) is 34.4. The maximum atomic E-state index is 14.7. The lowest BCUT2D eigenvalue weighted by atomic mass is 10.0. The third-order valence-electron chi connectivity index (χ3n) is 8.38. The van der Waals surface area contributed by atoms with Crippen LogP contribution in [0, 0.1) is 27.7 Å². The van der Waals surface area contributed by atoms with Crippen molar-refractivity contribution in [1.82, 2.24) is 10.2 Å². The number of carbonyl (C=O) groups excluding carboxylic acids is 2. The topological polar surface area (TPSA) is 86.8 Å². The van der Waals surface area contributed by atoms with Crippen LogP contribution >= 0.6 is 0 Å². The van der Waals surface area contributed by atoms with E-state index < -0.39 is 28.5 Å². The summed E-state index contributed by atoms with van der Waals surface area (Å²) < 4.78 is 29.8. The number of hydrogen-bond acceptors (Lipinski definition) is 4. The Bertz CT molecular complexity index is 1750. The van der Waals surface area contributed by atoms with Gasteiger partial charge in [0.2, 0.25) is 11.8 Å². The summed E-state index contributed by atoms with van der Waals surface area (Å²) >= 11 is 0. The summed E-state index contributed by atoms with van der Waals surface area (Å²) in [5, 5.41) is 3.08. The number of amides is 2. The van der Waals surface area contributed by atoms with Gasteiger partial charge in [-0.15, -0.1) is 0 Å². The van der Waals surface area contributed by atoms with Crippen LogP contribution in [0.1, 0.15) is 53.6 Å². The van der Waals surface area contributed by atoms with Crippen LogP contribution in [0.15, 0.2) is 102 Å². The monoisotopic (exact) mass is 639 g/mol. The Morgan fingerprint density at radius 3 is 2.04 bits per heavy atom. The lowest BCUT2D eigenvalue weighted by Gasteiger charge is -2.35. The number of hydrogen-bond donors (Lipinski definition) is 1. The molecule has 7 nitrogen and oxygen atoms in total. The van der Waals surface area contributed by atoms with E-state index in [0.717, 1.165) is 39.8 Å². The van der Waals surface area contributed by atoms with Crippen LogP contribution in [0.4, 0.5) is 5.69 Å². The van der Waals surface area contributed by atoms with E-state index in [4.69, 9.17) is 0 Å². The van der Waals surface area contributed by atoms with Crippen molar-refractivity contribution >= 4 is 27.5 Å². The first-order valence-corrected chi connectivity index (χ1v) is 17.2. The second kappa shape index (κ2) is 15.2. The zero-order valence-electron chi connectivity index (χ0n) is 27.7. The van der Waals surface area contributed by atoms with Gasteiger partial charge in [0.15, 0.2) is 0 Å². The molecule has 2 amide bonds. The Labute approximate surface area is 274 Å². The Morgan fingerprint density at radius 2 is 1.41 bits per heavy atom. The van der Waals surface area contributed by atoms with Crippen molar-refractivity contribution in [2.75, 3.05) is 10.8 Å². The quantitative estimate of drug-likeness (QED) is 0.177. The van der Waals surface area contributed by atoms with E-state index in [1.807, 2.05) is 108 Å². The Hall–Kier alpha value is -4.43. The highest BCUT2D eigenvalue weighted by atomic mass is 32.2. The van der Waals surface area contributed by atoms with E-state index in [9.17, 15) is 18.0 Å². The normalized spacial score (nSPS) is 12.7. The van der Waals surface area contributed by atoms with Crippen molar-refractivity contribution in [3.63, 3.8) is 0 Å². The fourth-order valence-electron chi connectivity index (χ4n) is 5.40. The summed E-state index contributed by atoms with van der Waals surface area (Å²) in [6.07, 6.45) is 1.000. The van der Waals surface area contributed by atoms with Crippen molar-refractivity contribution in [3.8, 4) is 0 Å². The van der Waals surface area contributed by atoms with E-state index in [1.54, 1.807) is 35.2 Å². The third kappa shape index (κ3) is 8.43. The van der Waals surface area contributed by atoms with Crippen LogP contribution in [-0.2, 0) is 32.6 Å². The lowest BCUT2D eigenvalue weighted by Crippen LogP contribution is -2.54. The first-order chi connectivity index (χ1) is 21.9. The van der Waals surface area contributed by atoms with E-state index in [-0.39, 0.29) is 29.8 Å². The molecule has 2 atom stereocenters. The smallest absolute Gasteiger partial charge is 0.264 e. The largest absolute Gasteiger partial charge is 0.352 e. The maximum Gasteiger partial charge on any atom is 0.264 e. The molecular weight excluding hydrogens is 595 g/mol. The van der Waals surface area contributed by atoms with Gasteiger partial charge in [0.1, 0.15) is 12.6 Å². The average molecular weight is 640 g/mol. The molecule has 0 aliphatic rings. The fraction of sp³-hybridized carbons (Fsp3) is 0.316. The van der Waals surface area contributed by atoms with Gasteiger partial charge in [-0.3, -0.25) is 13.9 Å². The molecule has 0 radical (unpaired) electrons. The molecule has 0 unspecified atom stereocenters. The molecule has 242 valence electrons. The Balaban J connectivity index is 1.84. The maximum absolute atomic E-state index is 14.7. The van der Waals surface area contributed by atoms with Crippen LogP contribution in [0.3, 0.4) is 0 Å². The molecule has 4 rings (SSSR count). The average Bonchev–Trinajstić information content (AvgIpc) is 3.03. The highest BCUT2D eigenvalue weighted by Gasteiger charge is 2.35. The molecule has 4 aromatic carbocycles. The predicted octanol–water partition coefficient (Wildman–Crippen LogP) is 6.67. The number of carbonyl (C=O) groups is 2. The van der Waals surface area contributed by atoms with Crippen molar-refractivity contribution in [3.05, 3.63) is 130 Å². The molecule has 8 heteroatoms. The molecular formula is C38H45N3O4S. The summed E-state index contributed by atoms with van der Waals surface area (Å²) in [6, 6.07) is 28.4. The first-order valence-electron chi connectivity index (χ1n) is 15.8. The fourth-order valence-corrected chi connectivity index (χ4v) is 6.88. The van der Waals surface area contributed by atoms with Gasteiger partial charge in [-0.25, -0.2) is 8.42 Å². The van der Waals surface area contributed by atoms with Crippen LogP contribution in [0.25, 0.3) is 0 Å². The van der Waals surface area contributed by atoms with Gasteiger partial charge in [-0.05, 0) is 81.5 Å². The van der Waals surface area contributed by atoms with Gasteiger partial charge >= 0.3 is 0 Å². The molecule has 0 saturated heterocycles. The summed E-state index contributed by atoms with van der Waals surface area (Å²) in [6.45, 7) is 11.2. The number of rotatable bonds is 13. The highest BCUT2D eigenvalue weighted by molar-refractivity contribution is 7.92. The van der Waals surface area contributed by atoms with Gasteiger partial charge in [0.05, 0.1) is 10.6 Å². The Morgan fingerprint density at radius 1 is 0.783 bits per heavy atom. The number of nitrogens with one attached hydrogen (secondary N) is 1. The van der Waals surface area contributed by atoms with E-state index in [0.29, 0.717) is 5.69 Å². The number of benzene rings is 4. The van der Waals surface area contributed by atoms with Gasteiger partial charge in [0.25, 0.3) is 10.0 Å². The molecule has 1 N–H and O–H groups in total. The van der Waals surface area contributed by atoms with Crippen molar-refractivity contribution in [1.29, 1.82) is 0 Å². The predicted molar refractivity (Wildman–Crippen MR) is 185 cm³/mol. The van der Waals surface area contributed by atoms with Crippen molar-refractivity contribution in [2.45, 2.75) is 77.9 Å². The second-order valence-corrected chi connectivity index (χ2v) is 13.9. The van der Waals surface area contributed by atoms with E-state index >= 15 is 0 Å². The molecule has 0 bridgehead atoms. The standard InChI is InChI=1S/C38H45N3O4S/c1-7-31(6)39-38(43)36(24-32-14-9-8-10-15-32)40(25-33-16-12-11-13-29(33)4)37(42)26-41(35-22-19-28(3)23-30(35)5)46(44,45)34-20-17-27(2)18-21-34/h8-23,31,36H,7,24-26H2,1-6H3,(H,39,43)/t31-,36-/m1/s1. The SMILES string of the molecule is CC[C@@H](C)NC(=O)[C@@H](Cc1ccccc1)N(Cc1ccccc1C)C(=O)CN(c1ccc(C)cc1C)S(=O)(=O)c1ccc(C)cc1. The number of anilines is 1. The zero-order valence-corrected chi connectivity index (χ0v) is 28.5. The van der Waals surface area contributed by atoms with Gasteiger partial charge in [-0.2, -0.15) is 0 Å². The molecule has 0 aliphatic heterocycles. The highest BCUT2D eigenvalue weighted by Crippen LogP contribution is 2.29. The molecule has 4 aromatic rings. The van der Waals surface area contributed by atoms with Crippen molar-refractivity contribution in [2.24, 2.45) is 0 Å². The molecule has 0 saturated carbocycles. The third-order valence-corrected chi connectivity index (χ3v) is 10.2. The molecule has 0 aliphatic carbocycles. The van der Waals surface area contributed by atoms with Gasteiger partial charge in [0, 0.05) is 19.0 Å². The molecule has 0 spiro atoms. The van der Waals surface area contributed by atoms with E-state index in [1.165, 1.54) is 4.31 Å². The van der Waals surface area contributed by atoms with Crippen LogP contribution < -0.4 is 9.62 Å². The van der Waals surface area contributed by atoms with E-state index in [2.05, 4.69) is 5.32 Å². The summed E-state index contributed by atoms with van der Waals surface area (Å²) in [7, 11) is -4.16. The number of nitrogens with zero attached hydrogens (tertiary/aromatic N) is 2. The minimum absolute atomic E-state index is 0.0895. The minimum Gasteiger partial charge on any atom is -0.352 e. The van der Waals surface area contributed by atoms with Crippen LogP contribution in [0.5, 0.6) is 0 Å². The second-order valence-electron chi connectivity index (χ2n) is 12.1. The zero-order chi connectivity index (χ0) is 33.4. The minimum atomic E-state index is -4.16.